The molecule has 0 radical (unpaired) electrons. The van der Waals surface area contributed by atoms with Crippen molar-refractivity contribution in [1.29, 1.82) is 0 Å². The fourth-order valence-electron chi connectivity index (χ4n) is 1.42. The summed E-state index contributed by atoms with van der Waals surface area (Å²) in [6, 6.07) is 6.98. The number of ether oxygens (including phenoxy) is 1. The summed E-state index contributed by atoms with van der Waals surface area (Å²) < 4.78 is 9.66. The van der Waals surface area contributed by atoms with E-state index >= 15 is 0 Å². The maximum atomic E-state index is 11.5. The van der Waals surface area contributed by atoms with Crippen LogP contribution in [0.3, 0.4) is 0 Å². The number of benzene rings is 1. The molecule has 1 aromatic heterocycles. The highest BCUT2D eigenvalue weighted by atomic mass is 16.6. The molecule has 0 aliphatic carbocycles. The number of hydrogen-bond acceptors (Lipinski definition) is 6. The van der Waals surface area contributed by atoms with Crippen molar-refractivity contribution in [3.8, 4) is 5.75 Å². The van der Waals surface area contributed by atoms with Crippen LogP contribution in [0, 0.1) is 10.1 Å². The van der Waals surface area contributed by atoms with Crippen LogP contribution >= 0.6 is 0 Å². The van der Waals surface area contributed by atoms with Crippen molar-refractivity contribution in [3.63, 3.8) is 0 Å². The van der Waals surface area contributed by atoms with Gasteiger partial charge in [0.15, 0.2) is 0 Å². The number of esters is 1. The molecule has 0 atom stereocenters. The van der Waals surface area contributed by atoms with Gasteiger partial charge in [-0.05, 0) is 12.1 Å². The van der Waals surface area contributed by atoms with Gasteiger partial charge < -0.3 is 9.26 Å². The molecule has 0 aliphatic heterocycles. The largest absolute Gasteiger partial charge is 0.427 e. The van der Waals surface area contributed by atoms with E-state index in [4.69, 9.17) is 4.74 Å². The minimum absolute atomic E-state index is 0.0533. The number of non-ortho nitro benzene ring substituents is 1. The second-order valence-electron chi connectivity index (χ2n) is 3.72. The van der Waals surface area contributed by atoms with Gasteiger partial charge in [0.05, 0.1) is 17.0 Å². The van der Waals surface area contributed by atoms with Crippen LogP contribution in [0.2, 0.25) is 0 Å². The molecule has 2 aromatic rings. The Kier molecular flexibility index (Phi) is 3.87. The molecule has 7 heteroatoms. The lowest BCUT2D eigenvalue weighted by atomic mass is 10.2. The molecule has 1 heterocycles. The van der Waals surface area contributed by atoms with Crippen LogP contribution in [-0.4, -0.2) is 16.0 Å². The van der Waals surface area contributed by atoms with Gasteiger partial charge in [-0.2, -0.15) is 0 Å². The first-order chi connectivity index (χ1) is 9.15. The number of nitro benzene ring substituents is 1. The molecule has 0 aliphatic rings. The molecule has 1 aromatic carbocycles. The van der Waals surface area contributed by atoms with Crippen molar-refractivity contribution in [2.75, 3.05) is 0 Å². The van der Waals surface area contributed by atoms with E-state index in [2.05, 4.69) is 9.68 Å². The van der Waals surface area contributed by atoms with Gasteiger partial charge in [-0.15, -0.1) is 0 Å². The molecule has 19 heavy (non-hydrogen) atoms. The average Bonchev–Trinajstić information content (AvgIpc) is 2.90. The van der Waals surface area contributed by atoms with E-state index in [1.165, 1.54) is 30.5 Å². The van der Waals surface area contributed by atoms with Crippen molar-refractivity contribution >= 4 is 11.7 Å². The Bertz CT molecular complexity index is 562. The monoisotopic (exact) mass is 262 g/mol. The molecule has 2 rings (SSSR count). The molecule has 98 valence electrons. The maximum Gasteiger partial charge on any atom is 0.311 e. The highest BCUT2D eigenvalue weighted by Gasteiger charge is 2.09. The summed E-state index contributed by atoms with van der Waals surface area (Å²) >= 11 is 0. The highest BCUT2D eigenvalue weighted by Crippen LogP contribution is 2.17. The zero-order valence-corrected chi connectivity index (χ0v) is 9.81. The first kappa shape index (κ1) is 12.7. The van der Waals surface area contributed by atoms with Crippen molar-refractivity contribution < 1.29 is 19.0 Å². The van der Waals surface area contributed by atoms with Gasteiger partial charge >= 0.3 is 5.97 Å². The van der Waals surface area contributed by atoms with Crippen molar-refractivity contribution in [1.82, 2.24) is 5.16 Å². The van der Waals surface area contributed by atoms with E-state index in [0.717, 1.165) is 0 Å². The third-order valence-electron chi connectivity index (χ3n) is 2.36. The van der Waals surface area contributed by atoms with E-state index in [9.17, 15) is 14.9 Å². The van der Waals surface area contributed by atoms with Gasteiger partial charge in [0.1, 0.15) is 12.0 Å². The van der Waals surface area contributed by atoms with Crippen LogP contribution in [0.4, 0.5) is 5.69 Å². The maximum absolute atomic E-state index is 11.5. The second-order valence-corrected chi connectivity index (χ2v) is 3.72. The van der Waals surface area contributed by atoms with Gasteiger partial charge in [-0.25, -0.2) is 0 Å². The Morgan fingerprint density at radius 3 is 2.63 bits per heavy atom. The minimum atomic E-state index is -0.518. The Morgan fingerprint density at radius 1 is 1.32 bits per heavy atom. The summed E-state index contributed by atoms with van der Waals surface area (Å²) in [5.74, 6) is -0.160. The first-order valence-corrected chi connectivity index (χ1v) is 5.49. The first-order valence-electron chi connectivity index (χ1n) is 5.49. The molecule has 0 spiro atoms. The molecule has 0 saturated carbocycles. The fraction of sp³-hybridized carbons (Fsp3) is 0.167. The topological polar surface area (TPSA) is 95.5 Å². The Balaban J connectivity index is 1.86. The predicted molar refractivity (Wildman–Crippen MR) is 63.6 cm³/mol. The molecule has 0 unspecified atom stereocenters. The van der Waals surface area contributed by atoms with Crippen LogP contribution in [0.5, 0.6) is 5.75 Å². The number of carbonyl (C=O) groups is 1. The zero-order valence-electron chi connectivity index (χ0n) is 9.81. The summed E-state index contributed by atoms with van der Waals surface area (Å²) in [7, 11) is 0. The van der Waals surface area contributed by atoms with Crippen LogP contribution in [0.15, 0.2) is 41.1 Å². The van der Waals surface area contributed by atoms with Crippen LogP contribution in [-0.2, 0) is 11.2 Å². The van der Waals surface area contributed by atoms with Crippen molar-refractivity contribution in [3.05, 3.63) is 52.4 Å². The quantitative estimate of drug-likeness (QED) is 0.354. The lowest BCUT2D eigenvalue weighted by molar-refractivity contribution is -0.384. The Hall–Kier alpha value is -2.70. The van der Waals surface area contributed by atoms with E-state index in [-0.39, 0.29) is 17.9 Å². The van der Waals surface area contributed by atoms with E-state index in [0.29, 0.717) is 12.1 Å². The number of nitro groups is 1. The van der Waals surface area contributed by atoms with Crippen LogP contribution in [0.25, 0.3) is 0 Å². The third kappa shape index (κ3) is 3.63. The highest BCUT2D eigenvalue weighted by molar-refractivity contribution is 5.72. The third-order valence-corrected chi connectivity index (χ3v) is 2.36. The molecule has 0 saturated heterocycles. The number of rotatable bonds is 5. The molecular weight excluding hydrogens is 252 g/mol. The molecule has 0 fully saturated rings. The zero-order chi connectivity index (χ0) is 13.7. The molecular formula is C12H10N2O5. The van der Waals surface area contributed by atoms with Gasteiger partial charge in [0.2, 0.25) is 0 Å². The predicted octanol–water partition coefficient (Wildman–Crippen LogP) is 2.12. The SMILES string of the molecule is O=C(CCc1ccon1)Oc1ccc([N+](=O)[O-])cc1. The average molecular weight is 262 g/mol. The standard InChI is InChI=1S/C12H10N2O5/c15-12(6-1-9-7-8-18-13-9)19-11-4-2-10(3-5-11)14(16)17/h2-5,7-8H,1,6H2. The Labute approximate surface area is 107 Å². The van der Waals surface area contributed by atoms with Crippen molar-refractivity contribution in [2.45, 2.75) is 12.8 Å². The van der Waals surface area contributed by atoms with Gasteiger partial charge in [-0.3, -0.25) is 14.9 Å². The number of nitrogens with zero attached hydrogens (tertiary/aromatic N) is 2. The molecule has 0 N–H and O–H groups in total. The number of carbonyl (C=O) groups excluding carboxylic acids is 1. The van der Waals surface area contributed by atoms with Crippen LogP contribution in [0.1, 0.15) is 12.1 Å². The fourth-order valence-corrected chi connectivity index (χ4v) is 1.42. The molecule has 0 bridgehead atoms. The smallest absolute Gasteiger partial charge is 0.311 e. The van der Waals surface area contributed by atoms with Gasteiger partial charge in [0.25, 0.3) is 5.69 Å². The van der Waals surface area contributed by atoms with Gasteiger partial charge in [-0.1, -0.05) is 5.16 Å². The second kappa shape index (κ2) is 5.76. The molecule has 7 nitrogen and oxygen atoms in total. The summed E-state index contributed by atoms with van der Waals surface area (Å²) in [5.41, 5.74) is 0.614. The Morgan fingerprint density at radius 2 is 2.05 bits per heavy atom. The van der Waals surface area contributed by atoms with Crippen molar-refractivity contribution in [2.24, 2.45) is 0 Å². The number of aryl methyl sites for hydroxylation is 1. The summed E-state index contributed by atoms with van der Waals surface area (Å²) in [5, 5.41) is 14.1. The lowest BCUT2D eigenvalue weighted by Gasteiger charge is -2.02. The van der Waals surface area contributed by atoms with Gasteiger partial charge in [0, 0.05) is 24.6 Å². The molecule has 0 amide bonds. The summed E-state index contributed by atoms with van der Waals surface area (Å²) in [6.07, 6.45) is 2.00. The van der Waals surface area contributed by atoms with E-state index < -0.39 is 10.9 Å². The minimum Gasteiger partial charge on any atom is -0.427 e. The van der Waals surface area contributed by atoms with E-state index in [1.807, 2.05) is 0 Å². The normalized spacial score (nSPS) is 10.1. The van der Waals surface area contributed by atoms with E-state index in [1.54, 1.807) is 6.07 Å². The number of aromatic nitrogens is 1. The summed E-state index contributed by atoms with van der Waals surface area (Å²) in [4.78, 5) is 21.4. The number of hydrogen-bond donors (Lipinski definition) is 0. The summed E-state index contributed by atoms with van der Waals surface area (Å²) in [6.45, 7) is 0. The van der Waals surface area contributed by atoms with Crippen LogP contribution < -0.4 is 4.74 Å². The lowest BCUT2D eigenvalue weighted by Crippen LogP contribution is -2.09.